The first kappa shape index (κ1) is 12.5. The van der Waals surface area contributed by atoms with Crippen molar-refractivity contribution in [3.63, 3.8) is 0 Å². The standard InChI is InChI=1S/C11H16FNOS/c1-8(13)11-9(12)4-2-5-10(11)15-7-3-6-14/h2,4-5,8,14H,3,6-7,13H2,1H3/t8-/m0/s1. The maximum absolute atomic E-state index is 13.5. The Hall–Kier alpha value is -0.580. The topological polar surface area (TPSA) is 46.2 Å². The molecule has 0 saturated carbocycles. The molecule has 0 aliphatic carbocycles. The Kier molecular flexibility index (Phi) is 5.08. The monoisotopic (exact) mass is 229 g/mol. The summed E-state index contributed by atoms with van der Waals surface area (Å²) in [6.45, 7) is 1.93. The van der Waals surface area contributed by atoms with Gasteiger partial charge in [0.25, 0.3) is 0 Å². The lowest BCUT2D eigenvalue weighted by Crippen LogP contribution is -2.09. The number of aliphatic hydroxyl groups is 1. The Morgan fingerprint density at radius 1 is 1.53 bits per heavy atom. The molecular weight excluding hydrogens is 213 g/mol. The van der Waals surface area contributed by atoms with Crippen molar-refractivity contribution in [3.05, 3.63) is 29.6 Å². The maximum Gasteiger partial charge on any atom is 0.129 e. The fourth-order valence-electron chi connectivity index (χ4n) is 1.33. The number of halogens is 1. The smallest absolute Gasteiger partial charge is 0.129 e. The van der Waals surface area contributed by atoms with Crippen molar-refractivity contribution in [1.82, 2.24) is 0 Å². The van der Waals surface area contributed by atoms with Gasteiger partial charge < -0.3 is 10.8 Å². The summed E-state index contributed by atoms with van der Waals surface area (Å²) in [5, 5.41) is 8.67. The number of benzene rings is 1. The number of aliphatic hydroxyl groups excluding tert-OH is 1. The third-order valence-electron chi connectivity index (χ3n) is 2.03. The Bertz CT molecular complexity index is 317. The molecule has 0 spiro atoms. The van der Waals surface area contributed by atoms with Crippen molar-refractivity contribution in [3.8, 4) is 0 Å². The lowest BCUT2D eigenvalue weighted by molar-refractivity contribution is 0.296. The highest BCUT2D eigenvalue weighted by molar-refractivity contribution is 7.99. The van der Waals surface area contributed by atoms with E-state index in [4.69, 9.17) is 10.8 Å². The molecule has 0 aliphatic heterocycles. The van der Waals surface area contributed by atoms with Crippen molar-refractivity contribution in [2.24, 2.45) is 5.73 Å². The van der Waals surface area contributed by atoms with Gasteiger partial charge in [0.1, 0.15) is 5.82 Å². The average Bonchev–Trinajstić information content (AvgIpc) is 2.17. The van der Waals surface area contributed by atoms with Crippen LogP contribution in [0.3, 0.4) is 0 Å². The molecular formula is C11H16FNOS. The van der Waals surface area contributed by atoms with Gasteiger partial charge >= 0.3 is 0 Å². The molecule has 0 aromatic heterocycles. The van der Waals surface area contributed by atoms with E-state index in [0.29, 0.717) is 12.0 Å². The number of thioether (sulfide) groups is 1. The molecule has 0 saturated heterocycles. The molecule has 2 nitrogen and oxygen atoms in total. The van der Waals surface area contributed by atoms with Gasteiger partial charge in [0.05, 0.1) is 0 Å². The van der Waals surface area contributed by atoms with Crippen LogP contribution < -0.4 is 5.73 Å². The second kappa shape index (κ2) is 6.10. The quantitative estimate of drug-likeness (QED) is 0.601. The summed E-state index contributed by atoms with van der Waals surface area (Å²) in [6.07, 6.45) is 0.708. The maximum atomic E-state index is 13.5. The highest BCUT2D eigenvalue weighted by Gasteiger charge is 2.12. The lowest BCUT2D eigenvalue weighted by atomic mass is 10.1. The summed E-state index contributed by atoms with van der Waals surface area (Å²) in [7, 11) is 0. The SMILES string of the molecule is C[C@H](N)c1c(F)cccc1SCCCO. The van der Waals surface area contributed by atoms with Crippen molar-refractivity contribution in [1.29, 1.82) is 0 Å². The van der Waals surface area contributed by atoms with Crippen LogP contribution in [-0.4, -0.2) is 17.5 Å². The highest BCUT2D eigenvalue weighted by Crippen LogP contribution is 2.28. The minimum atomic E-state index is -0.303. The predicted molar refractivity (Wildman–Crippen MR) is 61.4 cm³/mol. The Morgan fingerprint density at radius 3 is 2.87 bits per heavy atom. The van der Waals surface area contributed by atoms with Crippen LogP contribution in [0, 0.1) is 5.82 Å². The number of rotatable bonds is 5. The van der Waals surface area contributed by atoms with Crippen LogP contribution in [0.5, 0.6) is 0 Å². The molecule has 3 N–H and O–H groups in total. The first-order chi connectivity index (χ1) is 7.16. The summed E-state index contributed by atoms with van der Waals surface area (Å²) in [4.78, 5) is 0.874. The van der Waals surface area contributed by atoms with E-state index < -0.39 is 0 Å². The summed E-state index contributed by atoms with van der Waals surface area (Å²) < 4.78 is 13.5. The Balaban J connectivity index is 2.81. The fourth-order valence-corrected chi connectivity index (χ4v) is 2.44. The molecule has 15 heavy (non-hydrogen) atoms. The summed E-state index contributed by atoms with van der Waals surface area (Å²) in [5.74, 6) is 0.527. The summed E-state index contributed by atoms with van der Waals surface area (Å²) >= 11 is 1.53. The van der Waals surface area contributed by atoms with Crippen LogP contribution in [0.25, 0.3) is 0 Å². The van der Waals surface area contributed by atoms with Gasteiger partial charge in [-0.1, -0.05) is 6.07 Å². The van der Waals surface area contributed by atoms with Crippen LogP contribution in [0.15, 0.2) is 23.1 Å². The molecule has 0 amide bonds. The van der Waals surface area contributed by atoms with Crippen LogP contribution in [0.1, 0.15) is 24.9 Å². The number of hydrogen-bond acceptors (Lipinski definition) is 3. The normalized spacial score (nSPS) is 12.8. The van der Waals surface area contributed by atoms with Gasteiger partial charge in [0.15, 0.2) is 0 Å². The van der Waals surface area contributed by atoms with Crippen molar-refractivity contribution in [2.75, 3.05) is 12.4 Å². The molecule has 1 rings (SSSR count). The molecule has 0 bridgehead atoms. The Morgan fingerprint density at radius 2 is 2.27 bits per heavy atom. The molecule has 0 radical (unpaired) electrons. The van der Waals surface area contributed by atoms with E-state index in [1.807, 2.05) is 6.07 Å². The van der Waals surface area contributed by atoms with E-state index in [1.54, 1.807) is 13.0 Å². The molecule has 1 atom stereocenters. The zero-order valence-electron chi connectivity index (χ0n) is 8.74. The number of hydrogen-bond donors (Lipinski definition) is 2. The van der Waals surface area contributed by atoms with E-state index in [-0.39, 0.29) is 18.5 Å². The summed E-state index contributed by atoms with van der Waals surface area (Å²) in [6, 6.07) is 4.67. The average molecular weight is 229 g/mol. The minimum absolute atomic E-state index is 0.163. The molecule has 1 aromatic carbocycles. The van der Waals surface area contributed by atoms with Gasteiger partial charge in [-0.3, -0.25) is 0 Å². The van der Waals surface area contributed by atoms with E-state index in [1.165, 1.54) is 17.8 Å². The second-order valence-corrected chi connectivity index (χ2v) is 4.50. The largest absolute Gasteiger partial charge is 0.396 e. The third kappa shape index (κ3) is 3.48. The number of nitrogens with two attached hydrogens (primary N) is 1. The molecule has 1 aromatic rings. The van der Waals surface area contributed by atoms with Gasteiger partial charge in [-0.15, -0.1) is 11.8 Å². The van der Waals surface area contributed by atoms with Crippen LogP contribution in [0.4, 0.5) is 4.39 Å². The molecule has 0 heterocycles. The van der Waals surface area contributed by atoms with Crippen LogP contribution >= 0.6 is 11.8 Å². The zero-order chi connectivity index (χ0) is 11.3. The minimum Gasteiger partial charge on any atom is -0.396 e. The molecule has 0 aliphatic rings. The molecule has 84 valence electrons. The first-order valence-corrected chi connectivity index (χ1v) is 5.93. The van der Waals surface area contributed by atoms with E-state index in [2.05, 4.69) is 0 Å². The highest BCUT2D eigenvalue weighted by atomic mass is 32.2. The van der Waals surface area contributed by atoms with Gasteiger partial charge in [-0.25, -0.2) is 4.39 Å². The van der Waals surface area contributed by atoms with Crippen molar-refractivity contribution in [2.45, 2.75) is 24.3 Å². The van der Waals surface area contributed by atoms with E-state index >= 15 is 0 Å². The molecule has 4 heteroatoms. The third-order valence-corrected chi connectivity index (χ3v) is 3.19. The van der Waals surface area contributed by atoms with Gasteiger partial charge in [-0.2, -0.15) is 0 Å². The second-order valence-electron chi connectivity index (χ2n) is 3.37. The molecule has 0 unspecified atom stereocenters. The van der Waals surface area contributed by atoms with Gasteiger partial charge in [0.2, 0.25) is 0 Å². The predicted octanol–water partition coefficient (Wildman–Crippen LogP) is 2.32. The van der Waals surface area contributed by atoms with Gasteiger partial charge in [0, 0.05) is 28.9 Å². The van der Waals surface area contributed by atoms with E-state index in [9.17, 15) is 4.39 Å². The molecule has 0 fully saturated rings. The van der Waals surface area contributed by atoms with Crippen molar-refractivity contribution >= 4 is 11.8 Å². The van der Waals surface area contributed by atoms with E-state index in [0.717, 1.165) is 10.6 Å². The summed E-state index contributed by atoms with van der Waals surface area (Å²) in [5.41, 5.74) is 6.29. The Labute approximate surface area is 93.7 Å². The van der Waals surface area contributed by atoms with Crippen molar-refractivity contribution < 1.29 is 9.50 Å². The van der Waals surface area contributed by atoms with Gasteiger partial charge in [-0.05, 0) is 25.5 Å². The lowest BCUT2D eigenvalue weighted by Gasteiger charge is -2.12. The zero-order valence-corrected chi connectivity index (χ0v) is 9.56. The van der Waals surface area contributed by atoms with Crippen LogP contribution in [0.2, 0.25) is 0 Å². The fraction of sp³-hybridized carbons (Fsp3) is 0.455. The van der Waals surface area contributed by atoms with Crippen LogP contribution in [-0.2, 0) is 0 Å². The first-order valence-electron chi connectivity index (χ1n) is 4.94.